The largest absolute Gasteiger partial charge is 0.377 e. The van der Waals surface area contributed by atoms with E-state index >= 15 is 0 Å². The number of ether oxygens (including phenoxy) is 1. The van der Waals surface area contributed by atoms with Crippen LogP contribution in [-0.4, -0.2) is 52.5 Å². The smallest absolute Gasteiger partial charge is 0.213 e. The summed E-state index contributed by atoms with van der Waals surface area (Å²) in [6, 6.07) is 4.14. The number of hydrogen-bond acceptors (Lipinski definition) is 5. The summed E-state index contributed by atoms with van der Waals surface area (Å²) in [5, 5.41) is 6.22. The molecule has 3 N–H and O–H groups in total. The molecule has 0 radical (unpaired) electrons. The number of aryl methyl sites for hydroxylation is 1. The van der Waals surface area contributed by atoms with Crippen LogP contribution in [-0.2, 0) is 21.3 Å². The molecule has 0 aliphatic carbocycles. The molecule has 1 unspecified atom stereocenters. The van der Waals surface area contributed by atoms with Crippen molar-refractivity contribution in [2.24, 2.45) is 4.99 Å². The number of aliphatic imine (C=N–C) groups is 1. The molecule has 2 heterocycles. The van der Waals surface area contributed by atoms with Crippen LogP contribution in [0.1, 0.15) is 35.9 Å². The van der Waals surface area contributed by atoms with Gasteiger partial charge in [-0.2, -0.15) is 0 Å². The SMILES string of the molecule is CCNC(=NCc1ccc(C)s1)NCCS(=O)(=O)NCC1CCCCO1.I. The van der Waals surface area contributed by atoms with Crippen LogP contribution in [0.25, 0.3) is 0 Å². The molecule has 0 aromatic carbocycles. The number of nitrogens with zero attached hydrogens (tertiary/aromatic N) is 1. The predicted molar refractivity (Wildman–Crippen MR) is 123 cm³/mol. The average molecular weight is 530 g/mol. The van der Waals surface area contributed by atoms with Gasteiger partial charge in [-0.05, 0) is 45.2 Å². The standard InChI is InChI=1S/C17H30N4O3S2.HI/c1-3-18-17(20-13-16-8-7-14(2)25-16)19-9-11-26(22,23)21-12-15-6-4-5-10-24-15;/h7-8,15,21H,3-6,9-13H2,1-2H3,(H2,18,19,20);1H. The minimum Gasteiger partial charge on any atom is -0.377 e. The van der Waals surface area contributed by atoms with Crippen LogP contribution in [0.5, 0.6) is 0 Å². The van der Waals surface area contributed by atoms with Gasteiger partial charge in [-0.25, -0.2) is 18.1 Å². The maximum Gasteiger partial charge on any atom is 0.213 e. The van der Waals surface area contributed by atoms with Gasteiger partial charge in [0.2, 0.25) is 10.0 Å². The van der Waals surface area contributed by atoms with E-state index in [1.807, 2.05) is 6.92 Å². The summed E-state index contributed by atoms with van der Waals surface area (Å²) < 4.78 is 32.5. The van der Waals surface area contributed by atoms with Crippen molar-refractivity contribution in [3.63, 3.8) is 0 Å². The van der Waals surface area contributed by atoms with Gasteiger partial charge in [0.1, 0.15) is 0 Å². The number of halogens is 1. The Labute approximate surface area is 183 Å². The van der Waals surface area contributed by atoms with Crippen LogP contribution in [0.15, 0.2) is 17.1 Å². The maximum atomic E-state index is 12.1. The van der Waals surface area contributed by atoms with Crippen molar-refractivity contribution in [3.05, 3.63) is 21.9 Å². The normalized spacial score (nSPS) is 18.0. The molecule has 1 aromatic heterocycles. The third-order valence-corrected chi connectivity index (χ3v) is 6.33. The average Bonchev–Trinajstić information content (AvgIpc) is 3.04. The lowest BCUT2D eigenvalue weighted by atomic mass is 10.1. The minimum absolute atomic E-state index is 0. The van der Waals surface area contributed by atoms with Crippen molar-refractivity contribution >= 4 is 51.3 Å². The zero-order chi connectivity index (χ0) is 18.8. The summed E-state index contributed by atoms with van der Waals surface area (Å²) in [4.78, 5) is 6.94. The zero-order valence-electron chi connectivity index (χ0n) is 16.0. The highest BCUT2D eigenvalue weighted by Gasteiger charge is 2.17. The van der Waals surface area contributed by atoms with Crippen LogP contribution < -0.4 is 15.4 Å². The summed E-state index contributed by atoms with van der Waals surface area (Å²) in [7, 11) is -3.33. The van der Waals surface area contributed by atoms with Crippen LogP contribution in [0, 0.1) is 6.92 Å². The van der Waals surface area contributed by atoms with Gasteiger partial charge >= 0.3 is 0 Å². The Morgan fingerprint density at radius 3 is 2.78 bits per heavy atom. The third-order valence-electron chi connectivity index (χ3n) is 4.00. The molecule has 1 saturated heterocycles. The highest BCUT2D eigenvalue weighted by molar-refractivity contribution is 14.0. The Balaban J connectivity index is 0.00000364. The molecule has 1 aliphatic heterocycles. The number of sulfonamides is 1. The van der Waals surface area contributed by atoms with Gasteiger partial charge in [0, 0.05) is 36.0 Å². The van der Waals surface area contributed by atoms with E-state index < -0.39 is 10.0 Å². The van der Waals surface area contributed by atoms with E-state index in [9.17, 15) is 8.42 Å². The van der Waals surface area contributed by atoms with E-state index in [1.165, 1.54) is 9.75 Å². The highest BCUT2D eigenvalue weighted by Crippen LogP contribution is 2.15. The number of thiophene rings is 1. The van der Waals surface area contributed by atoms with E-state index in [-0.39, 0.29) is 35.8 Å². The zero-order valence-corrected chi connectivity index (χ0v) is 20.0. The molecular weight excluding hydrogens is 499 g/mol. The van der Waals surface area contributed by atoms with Crippen molar-refractivity contribution in [1.82, 2.24) is 15.4 Å². The van der Waals surface area contributed by atoms with E-state index in [4.69, 9.17) is 4.74 Å². The summed E-state index contributed by atoms with van der Waals surface area (Å²) in [6.07, 6.45) is 3.07. The molecule has 10 heteroatoms. The number of nitrogens with one attached hydrogen (secondary N) is 3. The second-order valence-electron chi connectivity index (χ2n) is 6.29. The minimum atomic E-state index is -3.33. The second kappa shape index (κ2) is 12.9. The molecule has 2 rings (SSSR count). The lowest BCUT2D eigenvalue weighted by Gasteiger charge is -2.22. The van der Waals surface area contributed by atoms with Crippen molar-refractivity contribution in [3.8, 4) is 0 Å². The van der Waals surface area contributed by atoms with Crippen molar-refractivity contribution in [2.75, 3.05) is 32.0 Å². The molecule has 1 fully saturated rings. The Kier molecular flexibility index (Phi) is 11.8. The molecule has 27 heavy (non-hydrogen) atoms. The van der Waals surface area contributed by atoms with Crippen LogP contribution in [0.3, 0.4) is 0 Å². The lowest BCUT2D eigenvalue weighted by molar-refractivity contribution is 0.0200. The third kappa shape index (κ3) is 10.1. The van der Waals surface area contributed by atoms with E-state index in [0.717, 1.165) is 32.4 Å². The van der Waals surface area contributed by atoms with E-state index in [0.29, 0.717) is 25.6 Å². The van der Waals surface area contributed by atoms with Crippen molar-refractivity contribution in [1.29, 1.82) is 0 Å². The molecule has 1 atom stereocenters. The quantitative estimate of drug-likeness (QED) is 0.259. The molecule has 1 aliphatic rings. The van der Waals surface area contributed by atoms with E-state index in [2.05, 4.69) is 39.4 Å². The van der Waals surface area contributed by atoms with E-state index in [1.54, 1.807) is 11.3 Å². The number of guanidine groups is 1. The summed E-state index contributed by atoms with van der Waals surface area (Å²) in [5.74, 6) is 0.631. The Hall–Kier alpha value is -0.430. The first-order valence-electron chi connectivity index (χ1n) is 9.15. The lowest BCUT2D eigenvalue weighted by Crippen LogP contribution is -2.42. The van der Waals surface area contributed by atoms with Gasteiger partial charge in [-0.15, -0.1) is 35.3 Å². The summed E-state index contributed by atoms with van der Waals surface area (Å²) in [5.41, 5.74) is 0. The topological polar surface area (TPSA) is 91.8 Å². The number of rotatable bonds is 9. The molecule has 7 nitrogen and oxygen atoms in total. The van der Waals surface area contributed by atoms with Gasteiger partial charge in [0.25, 0.3) is 0 Å². The molecular formula is C17H31IN4O3S2. The molecule has 156 valence electrons. The second-order valence-corrected chi connectivity index (χ2v) is 9.59. The van der Waals surface area contributed by atoms with Gasteiger partial charge < -0.3 is 15.4 Å². The fourth-order valence-electron chi connectivity index (χ4n) is 2.63. The number of hydrogen-bond donors (Lipinski definition) is 3. The van der Waals surface area contributed by atoms with Crippen LogP contribution >= 0.6 is 35.3 Å². The first-order valence-corrected chi connectivity index (χ1v) is 11.6. The fourth-order valence-corrected chi connectivity index (χ4v) is 4.40. The van der Waals surface area contributed by atoms with Gasteiger partial charge in [-0.3, -0.25) is 0 Å². The predicted octanol–water partition coefficient (Wildman–Crippen LogP) is 2.22. The monoisotopic (exact) mass is 530 g/mol. The van der Waals surface area contributed by atoms with Gasteiger partial charge in [0.15, 0.2) is 5.96 Å². The molecule has 0 spiro atoms. The Morgan fingerprint density at radius 1 is 1.33 bits per heavy atom. The van der Waals surface area contributed by atoms with Gasteiger partial charge in [0.05, 0.1) is 18.4 Å². The van der Waals surface area contributed by atoms with Gasteiger partial charge in [-0.1, -0.05) is 0 Å². The highest BCUT2D eigenvalue weighted by atomic mass is 127. The first kappa shape index (κ1) is 24.6. The Morgan fingerprint density at radius 2 is 2.15 bits per heavy atom. The van der Waals surface area contributed by atoms with Crippen molar-refractivity contribution in [2.45, 2.75) is 45.8 Å². The summed E-state index contributed by atoms with van der Waals surface area (Å²) >= 11 is 1.72. The fraction of sp³-hybridized carbons (Fsp3) is 0.706. The first-order chi connectivity index (χ1) is 12.5. The molecule has 0 saturated carbocycles. The van der Waals surface area contributed by atoms with Crippen LogP contribution in [0.4, 0.5) is 0 Å². The van der Waals surface area contributed by atoms with Crippen LogP contribution in [0.2, 0.25) is 0 Å². The summed E-state index contributed by atoms with van der Waals surface area (Å²) in [6.45, 7) is 6.73. The van der Waals surface area contributed by atoms with Crippen molar-refractivity contribution < 1.29 is 13.2 Å². The molecule has 0 amide bonds. The maximum absolute atomic E-state index is 12.1. The Bertz CT molecular complexity index is 673. The molecule has 1 aromatic rings. The molecule has 0 bridgehead atoms.